The van der Waals surface area contributed by atoms with Gasteiger partial charge in [-0.3, -0.25) is 0 Å². The number of aliphatic hydroxyl groups is 1. The van der Waals surface area contributed by atoms with E-state index in [0.717, 1.165) is 22.4 Å². The Morgan fingerprint density at radius 3 is 2.53 bits per heavy atom. The van der Waals surface area contributed by atoms with Crippen molar-refractivity contribution in [1.82, 2.24) is 0 Å². The first-order valence-corrected chi connectivity index (χ1v) is 6.19. The van der Waals surface area contributed by atoms with E-state index in [1.165, 1.54) is 0 Å². The zero-order chi connectivity index (χ0) is 13.7. The number of hydrogen-bond acceptors (Lipinski definition) is 3. The largest absolute Gasteiger partial charge is 0.496 e. The van der Waals surface area contributed by atoms with E-state index in [4.69, 9.17) is 9.47 Å². The second-order valence-corrected chi connectivity index (χ2v) is 4.37. The van der Waals surface area contributed by atoms with E-state index in [-0.39, 0.29) is 6.61 Å². The van der Waals surface area contributed by atoms with Crippen molar-refractivity contribution >= 4 is 0 Å². The van der Waals surface area contributed by atoms with Crippen LogP contribution in [0.25, 0.3) is 0 Å². The van der Waals surface area contributed by atoms with Crippen molar-refractivity contribution in [3.63, 3.8) is 0 Å². The van der Waals surface area contributed by atoms with Gasteiger partial charge in [0.25, 0.3) is 0 Å². The van der Waals surface area contributed by atoms with Gasteiger partial charge in [0.05, 0.1) is 13.7 Å². The molecule has 0 saturated carbocycles. The van der Waals surface area contributed by atoms with Gasteiger partial charge in [0.15, 0.2) is 0 Å². The van der Waals surface area contributed by atoms with Gasteiger partial charge in [-0.25, -0.2) is 0 Å². The maximum atomic E-state index is 9.34. The highest BCUT2D eigenvalue weighted by atomic mass is 16.5. The molecule has 0 unspecified atom stereocenters. The van der Waals surface area contributed by atoms with E-state index in [0.29, 0.717) is 12.4 Å². The average Bonchev–Trinajstić information content (AvgIpc) is 2.46. The lowest BCUT2D eigenvalue weighted by atomic mass is 10.1. The number of benzene rings is 2. The second-order valence-electron chi connectivity index (χ2n) is 4.37. The molecule has 0 aliphatic rings. The molecular weight excluding hydrogens is 240 g/mol. The second kappa shape index (κ2) is 6.25. The van der Waals surface area contributed by atoms with Gasteiger partial charge < -0.3 is 14.6 Å². The van der Waals surface area contributed by atoms with Crippen LogP contribution in [0, 0.1) is 6.92 Å². The molecule has 0 spiro atoms. The van der Waals surface area contributed by atoms with Crippen molar-refractivity contribution in [2.24, 2.45) is 0 Å². The number of aliphatic hydroxyl groups excluding tert-OH is 1. The van der Waals surface area contributed by atoms with Crippen molar-refractivity contribution in [1.29, 1.82) is 0 Å². The Morgan fingerprint density at radius 1 is 1.00 bits per heavy atom. The van der Waals surface area contributed by atoms with Gasteiger partial charge >= 0.3 is 0 Å². The van der Waals surface area contributed by atoms with Crippen molar-refractivity contribution in [3.05, 3.63) is 59.2 Å². The third kappa shape index (κ3) is 3.26. The van der Waals surface area contributed by atoms with Crippen LogP contribution in [0.15, 0.2) is 42.5 Å². The molecule has 0 fully saturated rings. The first kappa shape index (κ1) is 13.4. The van der Waals surface area contributed by atoms with E-state index < -0.39 is 0 Å². The van der Waals surface area contributed by atoms with Crippen LogP contribution >= 0.6 is 0 Å². The van der Waals surface area contributed by atoms with Gasteiger partial charge in [-0.15, -0.1) is 0 Å². The van der Waals surface area contributed by atoms with Gasteiger partial charge in [0.1, 0.15) is 18.1 Å². The molecule has 0 bridgehead atoms. The fourth-order valence-electron chi connectivity index (χ4n) is 1.95. The fraction of sp³-hybridized carbons (Fsp3) is 0.250. The maximum Gasteiger partial charge on any atom is 0.125 e. The predicted molar refractivity (Wildman–Crippen MR) is 74.4 cm³/mol. The van der Waals surface area contributed by atoms with Gasteiger partial charge in [0, 0.05) is 11.1 Å². The molecule has 0 aliphatic heterocycles. The molecule has 19 heavy (non-hydrogen) atoms. The first-order chi connectivity index (χ1) is 9.24. The highest BCUT2D eigenvalue weighted by Crippen LogP contribution is 2.23. The number of ether oxygens (including phenoxy) is 2. The Kier molecular flexibility index (Phi) is 4.42. The molecule has 2 aromatic rings. The molecule has 100 valence electrons. The van der Waals surface area contributed by atoms with Gasteiger partial charge in [0.2, 0.25) is 0 Å². The molecule has 2 rings (SSSR count). The van der Waals surface area contributed by atoms with Crippen LogP contribution < -0.4 is 9.47 Å². The Morgan fingerprint density at radius 2 is 1.79 bits per heavy atom. The maximum absolute atomic E-state index is 9.34. The van der Waals surface area contributed by atoms with Crippen molar-refractivity contribution < 1.29 is 14.6 Å². The van der Waals surface area contributed by atoms with E-state index in [1.54, 1.807) is 7.11 Å². The Labute approximate surface area is 113 Å². The zero-order valence-electron chi connectivity index (χ0n) is 11.2. The van der Waals surface area contributed by atoms with Crippen LogP contribution in [0.1, 0.15) is 16.7 Å². The number of para-hydroxylation sites is 1. The number of aryl methyl sites for hydroxylation is 1. The predicted octanol–water partition coefficient (Wildman–Crippen LogP) is 3.07. The normalized spacial score (nSPS) is 10.3. The van der Waals surface area contributed by atoms with Gasteiger partial charge in [-0.05, 0) is 19.1 Å². The van der Waals surface area contributed by atoms with Crippen LogP contribution in [0.4, 0.5) is 0 Å². The summed E-state index contributed by atoms with van der Waals surface area (Å²) in [4.78, 5) is 0. The lowest BCUT2D eigenvalue weighted by molar-refractivity contribution is 0.256. The van der Waals surface area contributed by atoms with Crippen molar-refractivity contribution in [2.75, 3.05) is 7.11 Å². The molecule has 0 radical (unpaired) electrons. The highest BCUT2D eigenvalue weighted by molar-refractivity contribution is 5.38. The molecule has 3 heteroatoms. The standard InChI is InChI=1S/C16H18O3/c1-12-7-8-16(14(9-12)10-17)19-11-13-5-3-4-6-15(13)18-2/h3-9,17H,10-11H2,1-2H3. The summed E-state index contributed by atoms with van der Waals surface area (Å²) in [6.07, 6.45) is 0. The third-order valence-electron chi connectivity index (χ3n) is 2.96. The van der Waals surface area contributed by atoms with E-state index in [1.807, 2.05) is 49.4 Å². The van der Waals surface area contributed by atoms with E-state index in [9.17, 15) is 5.11 Å². The lowest BCUT2D eigenvalue weighted by Gasteiger charge is -2.13. The topological polar surface area (TPSA) is 38.7 Å². The minimum absolute atomic E-state index is 0.0249. The minimum Gasteiger partial charge on any atom is -0.496 e. The summed E-state index contributed by atoms with van der Waals surface area (Å²) in [6, 6.07) is 13.5. The number of methoxy groups -OCH3 is 1. The summed E-state index contributed by atoms with van der Waals surface area (Å²) >= 11 is 0. The fourth-order valence-corrected chi connectivity index (χ4v) is 1.95. The quantitative estimate of drug-likeness (QED) is 0.895. The molecule has 0 saturated heterocycles. The summed E-state index contributed by atoms with van der Waals surface area (Å²) < 4.78 is 11.1. The van der Waals surface area contributed by atoms with E-state index >= 15 is 0 Å². The summed E-state index contributed by atoms with van der Waals surface area (Å²) in [7, 11) is 1.64. The molecule has 0 atom stereocenters. The summed E-state index contributed by atoms with van der Waals surface area (Å²) in [5.41, 5.74) is 2.89. The SMILES string of the molecule is COc1ccccc1COc1ccc(C)cc1CO. The molecule has 2 aromatic carbocycles. The van der Waals surface area contributed by atoms with Crippen molar-refractivity contribution in [2.45, 2.75) is 20.1 Å². The number of rotatable bonds is 5. The van der Waals surface area contributed by atoms with Crippen LogP contribution in [0.5, 0.6) is 11.5 Å². The lowest BCUT2D eigenvalue weighted by Crippen LogP contribution is -2.01. The van der Waals surface area contributed by atoms with Crippen LogP contribution in [0.3, 0.4) is 0 Å². The monoisotopic (exact) mass is 258 g/mol. The first-order valence-electron chi connectivity index (χ1n) is 6.19. The third-order valence-corrected chi connectivity index (χ3v) is 2.96. The summed E-state index contributed by atoms with van der Waals surface area (Å²) in [5, 5.41) is 9.34. The molecular formula is C16H18O3. The Bertz CT molecular complexity index is 549. The van der Waals surface area contributed by atoms with Crippen LogP contribution in [-0.4, -0.2) is 12.2 Å². The molecule has 0 aromatic heterocycles. The van der Waals surface area contributed by atoms with Crippen LogP contribution in [-0.2, 0) is 13.2 Å². The minimum atomic E-state index is -0.0249. The van der Waals surface area contributed by atoms with Crippen molar-refractivity contribution in [3.8, 4) is 11.5 Å². The number of hydrogen-bond donors (Lipinski definition) is 1. The van der Waals surface area contributed by atoms with E-state index in [2.05, 4.69) is 0 Å². The Balaban J connectivity index is 2.14. The smallest absolute Gasteiger partial charge is 0.125 e. The molecule has 0 heterocycles. The molecule has 0 amide bonds. The summed E-state index contributed by atoms with van der Waals surface area (Å²) in [6.45, 7) is 2.38. The Hall–Kier alpha value is -2.00. The van der Waals surface area contributed by atoms with Crippen LogP contribution in [0.2, 0.25) is 0 Å². The highest BCUT2D eigenvalue weighted by Gasteiger charge is 2.06. The molecule has 1 N–H and O–H groups in total. The molecule has 3 nitrogen and oxygen atoms in total. The van der Waals surface area contributed by atoms with Gasteiger partial charge in [-0.1, -0.05) is 35.9 Å². The van der Waals surface area contributed by atoms with Gasteiger partial charge in [-0.2, -0.15) is 0 Å². The summed E-state index contributed by atoms with van der Waals surface area (Å²) in [5.74, 6) is 1.51. The average molecular weight is 258 g/mol. The molecule has 0 aliphatic carbocycles. The zero-order valence-corrected chi connectivity index (χ0v) is 11.2.